The van der Waals surface area contributed by atoms with Crippen molar-refractivity contribution in [1.29, 1.82) is 0 Å². The van der Waals surface area contributed by atoms with Crippen molar-refractivity contribution in [3.8, 4) is 5.69 Å². The fourth-order valence-electron chi connectivity index (χ4n) is 2.41. The van der Waals surface area contributed by atoms with E-state index in [1.54, 1.807) is 27.7 Å². The molecule has 0 unspecified atom stereocenters. The molecule has 4 nitrogen and oxygen atoms in total. The van der Waals surface area contributed by atoms with Crippen molar-refractivity contribution in [2.24, 2.45) is 0 Å². The Hall–Kier alpha value is -1.96. The van der Waals surface area contributed by atoms with E-state index in [1.165, 1.54) is 11.3 Å². The second kappa shape index (κ2) is 6.51. The van der Waals surface area contributed by atoms with Crippen molar-refractivity contribution in [3.63, 3.8) is 0 Å². The molecule has 0 radical (unpaired) electrons. The number of aromatic nitrogens is 3. The summed E-state index contributed by atoms with van der Waals surface area (Å²) < 4.78 is 1.69. The molecule has 4 aromatic rings. The predicted molar refractivity (Wildman–Crippen MR) is 102 cm³/mol. The summed E-state index contributed by atoms with van der Waals surface area (Å²) in [5, 5.41) is 6.38. The van der Waals surface area contributed by atoms with E-state index in [4.69, 9.17) is 4.98 Å². The van der Waals surface area contributed by atoms with Crippen LogP contribution in [0.25, 0.3) is 15.9 Å². The van der Waals surface area contributed by atoms with Gasteiger partial charge in [0.25, 0.3) is 5.56 Å². The van der Waals surface area contributed by atoms with Gasteiger partial charge in [-0.3, -0.25) is 9.36 Å². The molecule has 120 valence electrons. The molecule has 1 aromatic carbocycles. The number of rotatable bonds is 4. The highest BCUT2D eigenvalue weighted by atomic mass is 32.2. The lowest BCUT2D eigenvalue weighted by atomic mass is 10.3. The van der Waals surface area contributed by atoms with Crippen LogP contribution in [0.1, 0.15) is 10.7 Å². The van der Waals surface area contributed by atoms with Gasteiger partial charge in [0.2, 0.25) is 0 Å². The van der Waals surface area contributed by atoms with Crippen LogP contribution in [-0.2, 0) is 5.75 Å². The lowest BCUT2D eigenvalue weighted by molar-refractivity contribution is 0.822. The van der Waals surface area contributed by atoms with Gasteiger partial charge in [0.1, 0.15) is 4.83 Å². The van der Waals surface area contributed by atoms with Gasteiger partial charge in [-0.1, -0.05) is 30.0 Å². The van der Waals surface area contributed by atoms with Crippen LogP contribution in [-0.4, -0.2) is 14.5 Å². The van der Waals surface area contributed by atoms with E-state index < -0.39 is 0 Å². The number of thiophene rings is 1. The van der Waals surface area contributed by atoms with Gasteiger partial charge < -0.3 is 0 Å². The van der Waals surface area contributed by atoms with Crippen LogP contribution in [0.4, 0.5) is 0 Å². The molecule has 0 bridgehead atoms. The zero-order chi connectivity index (χ0) is 16.5. The Balaban J connectivity index is 1.82. The van der Waals surface area contributed by atoms with Gasteiger partial charge in [-0.15, -0.1) is 22.7 Å². The van der Waals surface area contributed by atoms with E-state index in [0.29, 0.717) is 16.3 Å². The van der Waals surface area contributed by atoms with Crippen LogP contribution in [0.3, 0.4) is 0 Å². The third kappa shape index (κ3) is 2.90. The summed E-state index contributed by atoms with van der Waals surface area (Å²) in [6.45, 7) is 1.99. The number of thiazole rings is 1. The van der Waals surface area contributed by atoms with E-state index in [-0.39, 0.29) is 5.56 Å². The molecule has 7 heteroatoms. The molecule has 4 rings (SSSR count). The Morgan fingerprint density at radius 2 is 1.96 bits per heavy atom. The van der Waals surface area contributed by atoms with Crippen molar-refractivity contribution in [2.75, 3.05) is 0 Å². The van der Waals surface area contributed by atoms with Gasteiger partial charge >= 0.3 is 0 Å². The average Bonchev–Trinajstić information content (AvgIpc) is 3.22. The Labute approximate surface area is 150 Å². The summed E-state index contributed by atoms with van der Waals surface area (Å²) in [6.07, 6.45) is 0. The maximum atomic E-state index is 12.9. The fourth-order valence-corrected chi connectivity index (χ4v) is 4.84. The van der Waals surface area contributed by atoms with Gasteiger partial charge in [0.05, 0.1) is 21.8 Å². The molecule has 0 atom stereocenters. The van der Waals surface area contributed by atoms with Crippen LogP contribution in [0.15, 0.2) is 57.1 Å². The number of aryl methyl sites for hydroxylation is 1. The summed E-state index contributed by atoms with van der Waals surface area (Å²) in [7, 11) is 0. The smallest absolute Gasteiger partial charge is 0.267 e. The quantitative estimate of drug-likeness (QED) is 0.391. The highest BCUT2D eigenvalue weighted by molar-refractivity contribution is 7.98. The topological polar surface area (TPSA) is 47.8 Å². The van der Waals surface area contributed by atoms with Crippen LogP contribution in [0, 0.1) is 6.92 Å². The highest BCUT2D eigenvalue weighted by Gasteiger charge is 2.14. The first kappa shape index (κ1) is 15.6. The number of nitrogens with zero attached hydrogens (tertiary/aromatic N) is 3. The molecule has 24 heavy (non-hydrogen) atoms. The number of thioether (sulfide) groups is 1. The monoisotopic (exact) mass is 371 g/mol. The lowest BCUT2D eigenvalue weighted by Gasteiger charge is -2.11. The Morgan fingerprint density at radius 1 is 1.12 bits per heavy atom. The summed E-state index contributed by atoms with van der Waals surface area (Å²) in [5.74, 6) is 0.695. The molecule has 0 N–H and O–H groups in total. The molecule has 3 aromatic heterocycles. The lowest BCUT2D eigenvalue weighted by Crippen LogP contribution is -2.21. The number of benzene rings is 1. The van der Waals surface area contributed by atoms with Gasteiger partial charge in [0.15, 0.2) is 5.16 Å². The molecule has 0 saturated carbocycles. The minimum Gasteiger partial charge on any atom is -0.268 e. The third-order valence-corrected chi connectivity index (χ3v) is 6.10. The molecule has 0 amide bonds. The van der Waals surface area contributed by atoms with E-state index >= 15 is 0 Å². The maximum absolute atomic E-state index is 12.9. The average molecular weight is 372 g/mol. The van der Waals surface area contributed by atoms with Crippen molar-refractivity contribution in [1.82, 2.24) is 14.5 Å². The first-order valence-corrected chi connectivity index (χ1v) is 10.1. The Morgan fingerprint density at radius 3 is 2.71 bits per heavy atom. The van der Waals surface area contributed by atoms with Crippen LogP contribution in [0.2, 0.25) is 0 Å². The Bertz CT molecular complexity index is 1050. The molecular weight excluding hydrogens is 358 g/mol. The van der Waals surface area contributed by atoms with Crippen molar-refractivity contribution in [2.45, 2.75) is 17.8 Å². The maximum Gasteiger partial charge on any atom is 0.267 e. The summed E-state index contributed by atoms with van der Waals surface area (Å²) in [6, 6.07) is 11.5. The van der Waals surface area contributed by atoms with E-state index in [1.807, 2.05) is 48.7 Å². The van der Waals surface area contributed by atoms with Crippen LogP contribution < -0.4 is 5.56 Å². The normalized spacial score (nSPS) is 11.2. The van der Waals surface area contributed by atoms with Crippen molar-refractivity contribution < 1.29 is 0 Å². The standard InChI is InChI=1S/C17H13N3OS3/c1-11-18-12(9-23-11)10-24-17-19-15-14(7-8-22-15)16(21)20(17)13-5-3-2-4-6-13/h2-9H,10H2,1H3. The first-order valence-electron chi connectivity index (χ1n) is 7.32. The second-order valence-electron chi connectivity index (χ2n) is 5.16. The van der Waals surface area contributed by atoms with Gasteiger partial charge in [-0.25, -0.2) is 9.97 Å². The summed E-state index contributed by atoms with van der Waals surface area (Å²) >= 11 is 4.67. The van der Waals surface area contributed by atoms with Crippen LogP contribution >= 0.6 is 34.4 Å². The molecule has 0 saturated heterocycles. The van der Waals surface area contributed by atoms with E-state index in [0.717, 1.165) is 21.2 Å². The molecule has 0 fully saturated rings. The number of hydrogen-bond donors (Lipinski definition) is 0. The van der Waals surface area contributed by atoms with Gasteiger partial charge in [-0.2, -0.15) is 0 Å². The predicted octanol–water partition coefficient (Wildman–Crippen LogP) is 4.50. The zero-order valence-corrected chi connectivity index (χ0v) is 15.3. The summed E-state index contributed by atoms with van der Waals surface area (Å²) in [4.78, 5) is 22.9. The third-order valence-electron chi connectivity index (χ3n) is 3.50. The minimum absolute atomic E-state index is 0.0237. The highest BCUT2D eigenvalue weighted by Crippen LogP contribution is 2.26. The van der Waals surface area contributed by atoms with E-state index in [2.05, 4.69) is 10.4 Å². The molecule has 0 aliphatic rings. The number of hydrogen-bond acceptors (Lipinski definition) is 6. The molecule has 0 spiro atoms. The fraction of sp³-hybridized carbons (Fsp3) is 0.118. The molecular formula is C17H13N3OS3. The van der Waals surface area contributed by atoms with Crippen molar-refractivity contribution in [3.05, 3.63) is 68.2 Å². The zero-order valence-electron chi connectivity index (χ0n) is 12.8. The van der Waals surface area contributed by atoms with E-state index in [9.17, 15) is 4.79 Å². The SMILES string of the molecule is Cc1nc(CSc2nc3sccc3c(=O)n2-c2ccccc2)cs1. The van der Waals surface area contributed by atoms with Gasteiger partial charge in [-0.05, 0) is 30.5 Å². The van der Waals surface area contributed by atoms with Crippen molar-refractivity contribution >= 4 is 44.7 Å². The van der Waals surface area contributed by atoms with Crippen LogP contribution in [0.5, 0.6) is 0 Å². The molecule has 0 aliphatic carbocycles. The largest absolute Gasteiger partial charge is 0.268 e. The van der Waals surface area contributed by atoms with Gasteiger partial charge in [0, 0.05) is 11.1 Å². The Kier molecular flexibility index (Phi) is 4.22. The molecule has 0 aliphatic heterocycles. The first-order chi connectivity index (χ1) is 11.7. The number of para-hydroxylation sites is 1. The minimum atomic E-state index is -0.0237. The second-order valence-corrected chi connectivity index (χ2v) is 8.06. The molecule has 3 heterocycles. The number of fused-ring (bicyclic) bond motifs is 1. The summed E-state index contributed by atoms with van der Waals surface area (Å²) in [5.41, 5.74) is 1.83.